The lowest BCUT2D eigenvalue weighted by atomic mass is 10.0. The Morgan fingerprint density at radius 1 is 1.44 bits per heavy atom. The van der Waals surface area contributed by atoms with Gasteiger partial charge in [-0.15, -0.1) is 0 Å². The molecule has 0 bridgehead atoms. The van der Waals surface area contributed by atoms with Crippen molar-refractivity contribution in [1.29, 1.82) is 0 Å². The van der Waals surface area contributed by atoms with Gasteiger partial charge in [-0.2, -0.15) is 0 Å². The Hall–Kier alpha value is -1.35. The number of carbonyl (C=O) groups is 1. The zero-order valence-corrected chi connectivity index (χ0v) is 11.0. The van der Waals surface area contributed by atoms with Gasteiger partial charge >= 0.3 is 0 Å². The molecule has 2 rings (SSSR count). The molecule has 1 amide bonds. The molecule has 1 aliphatic carbocycles. The summed E-state index contributed by atoms with van der Waals surface area (Å²) in [5.41, 5.74) is 7.40. The molecule has 0 aromatic heterocycles. The van der Waals surface area contributed by atoms with Crippen LogP contribution in [0, 0.1) is 5.92 Å². The molecule has 18 heavy (non-hydrogen) atoms. The van der Waals surface area contributed by atoms with Crippen LogP contribution in [-0.2, 0) is 6.42 Å². The third-order valence-electron chi connectivity index (χ3n) is 3.57. The number of nitrogens with one attached hydrogen (secondary N) is 1. The number of amides is 1. The topological polar surface area (TPSA) is 55.1 Å². The van der Waals surface area contributed by atoms with Gasteiger partial charge in [-0.25, -0.2) is 0 Å². The van der Waals surface area contributed by atoms with Crippen molar-refractivity contribution in [2.24, 2.45) is 11.7 Å². The summed E-state index contributed by atoms with van der Waals surface area (Å²) < 4.78 is 0. The molecule has 1 fully saturated rings. The number of hydrogen-bond donors (Lipinski definition) is 2. The minimum atomic E-state index is 0.0580. The van der Waals surface area contributed by atoms with E-state index in [2.05, 4.69) is 12.2 Å². The molecule has 2 unspecified atom stereocenters. The molecule has 1 aliphatic rings. The molecule has 3 N–H and O–H groups in total. The fraction of sp³-hybridized carbons (Fsp3) is 0.533. The zero-order chi connectivity index (χ0) is 13.0. The maximum atomic E-state index is 12.2. The van der Waals surface area contributed by atoms with Gasteiger partial charge in [-0.05, 0) is 43.4 Å². The highest BCUT2D eigenvalue weighted by Crippen LogP contribution is 2.34. The number of rotatable bonds is 6. The van der Waals surface area contributed by atoms with Crippen molar-refractivity contribution in [2.75, 3.05) is 6.54 Å². The Labute approximate surface area is 109 Å². The van der Waals surface area contributed by atoms with E-state index in [-0.39, 0.29) is 5.91 Å². The van der Waals surface area contributed by atoms with Crippen LogP contribution < -0.4 is 11.1 Å². The van der Waals surface area contributed by atoms with Crippen LogP contribution >= 0.6 is 0 Å². The van der Waals surface area contributed by atoms with E-state index >= 15 is 0 Å². The summed E-state index contributed by atoms with van der Waals surface area (Å²) in [6.07, 6.45) is 4.31. The van der Waals surface area contributed by atoms with Gasteiger partial charge in [0.05, 0.1) is 0 Å². The normalized spacial score (nSPS) is 21.7. The molecule has 1 aromatic rings. The summed E-state index contributed by atoms with van der Waals surface area (Å²) in [5.74, 6) is 0.753. The zero-order valence-electron chi connectivity index (χ0n) is 11.0. The molecular formula is C15H22N2O. The maximum Gasteiger partial charge on any atom is 0.251 e. The van der Waals surface area contributed by atoms with Crippen LogP contribution in [0.1, 0.15) is 42.1 Å². The lowest BCUT2D eigenvalue weighted by Crippen LogP contribution is -2.28. The summed E-state index contributed by atoms with van der Waals surface area (Å²) in [4.78, 5) is 12.2. The van der Waals surface area contributed by atoms with Crippen LogP contribution in [0.15, 0.2) is 24.3 Å². The van der Waals surface area contributed by atoms with Crippen LogP contribution in [0.4, 0.5) is 0 Å². The molecule has 0 aliphatic heterocycles. The van der Waals surface area contributed by atoms with E-state index in [1.165, 1.54) is 12.8 Å². The second kappa shape index (κ2) is 6.01. The summed E-state index contributed by atoms with van der Waals surface area (Å²) in [7, 11) is 0. The van der Waals surface area contributed by atoms with Gasteiger partial charge in [0, 0.05) is 11.6 Å². The average Bonchev–Trinajstić information content (AvgIpc) is 3.09. The smallest absolute Gasteiger partial charge is 0.251 e. The average molecular weight is 246 g/mol. The molecule has 2 atom stereocenters. The molecule has 0 saturated heterocycles. The fourth-order valence-electron chi connectivity index (χ4n) is 2.48. The minimum Gasteiger partial charge on any atom is -0.349 e. The minimum absolute atomic E-state index is 0.0580. The van der Waals surface area contributed by atoms with E-state index in [1.807, 2.05) is 24.3 Å². The van der Waals surface area contributed by atoms with E-state index in [0.29, 0.717) is 18.5 Å². The molecular weight excluding hydrogens is 224 g/mol. The summed E-state index contributed by atoms with van der Waals surface area (Å²) >= 11 is 0. The molecule has 0 radical (unpaired) electrons. The predicted molar refractivity (Wildman–Crippen MR) is 73.5 cm³/mol. The Morgan fingerprint density at radius 3 is 2.94 bits per heavy atom. The first-order valence-electron chi connectivity index (χ1n) is 6.85. The fourth-order valence-corrected chi connectivity index (χ4v) is 2.48. The van der Waals surface area contributed by atoms with Crippen molar-refractivity contribution in [3.05, 3.63) is 35.4 Å². The van der Waals surface area contributed by atoms with Crippen molar-refractivity contribution < 1.29 is 4.79 Å². The third kappa shape index (κ3) is 3.10. The Balaban J connectivity index is 1.97. The van der Waals surface area contributed by atoms with Crippen LogP contribution in [0.3, 0.4) is 0 Å². The van der Waals surface area contributed by atoms with E-state index in [1.54, 1.807) is 0 Å². The highest BCUT2D eigenvalue weighted by atomic mass is 16.1. The van der Waals surface area contributed by atoms with E-state index in [9.17, 15) is 4.79 Å². The number of nitrogens with two attached hydrogens (primary N) is 1. The molecule has 1 aromatic carbocycles. The van der Waals surface area contributed by atoms with Crippen LogP contribution in [0.5, 0.6) is 0 Å². The molecule has 0 spiro atoms. The van der Waals surface area contributed by atoms with Gasteiger partial charge in [-0.3, -0.25) is 4.79 Å². The first-order valence-corrected chi connectivity index (χ1v) is 6.85. The SMILES string of the molecule is CCCC1CC1NC(=O)c1ccccc1CCN. The van der Waals surface area contributed by atoms with Gasteiger partial charge in [0.1, 0.15) is 0 Å². The van der Waals surface area contributed by atoms with Crippen LogP contribution in [0.2, 0.25) is 0 Å². The molecule has 98 valence electrons. The monoisotopic (exact) mass is 246 g/mol. The summed E-state index contributed by atoms with van der Waals surface area (Å²) in [6.45, 7) is 2.76. The number of hydrogen-bond acceptors (Lipinski definition) is 2. The number of carbonyl (C=O) groups excluding carboxylic acids is 1. The van der Waals surface area contributed by atoms with Crippen molar-refractivity contribution in [3.63, 3.8) is 0 Å². The quantitative estimate of drug-likeness (QED) is 0.807. The Bertz CT molecular complexity index is 417. The Morgan fingerprint density at radius 2 is 2.22 bits per heavy atom. The molecule has 3 nitrogen and oxygen atoms in total. The Kier molecular flexibility index (Phi) is 4.37. The highest BCUT2D eigenvalue weighted by Gasteiger charge is 2.37. The lowest BCUT2D eigenvalue weighted by Gasteiger charge is -2.09. The highest BCUT2D eigenvalue weighted by molar-refractivity contribution is 5.96. The third-order valence-corrected chi connectivity index (χ3v) is 3.57. The van der Waals surface area contributed by atoms with Gasteiger partial charge in [0.2, 0.25) is 0 Å². The second-order valence-electron chi connectivity index (χ2n) is 5.06. The predicted octanol–water partition coefficient (Wildman–Crippen LogP) is 2.11. The summed E-state index contributed by atoms with van der Waals surface area (Å²) in [6, 6.07) is 8.13. The molecule has 0 heterocycles. The number of benzene rings is 1. The first kappa shape index (κ1) is 13.1. The van der Waals surface area contributed by atoms with Gasteiger partial charge in [0.15, 0.2) is 0 Å². The van der Waals surface area contributed by atoms with Crippen molar-refractivity contribution in [2.45, 2.75) is 38.6 Å². The first-order chi connectivity index (χ1) is 8.76. The van der Waals surface area contributed by atoms with Crippen molar-refractivity contribution >= 4 is 5.91 Å². The maximum absolute atomic E-state index is 12.2. The summed E-state index contributed by atoms with van der Waals surface area (Å²) in [5, 5.41) is 3.12. The van der Waals surface area contributed by atoms with Gasteiger partial charge in [-0.1, -0.05) is 31.5 Å². The van der Waals surface area contributed by atoms with E-state index in [4.69, 9.17) is 5.73 Å². The van der Waals surface area contributed by atoms with Gasteiger partial charge < -0.3 is 11.1 Å². The standard InChI is InChI=1S/C15H22N2O/c1-2-5-12-10-14(12)17-15(18)13-7-4-3-6-11(13)8-9-16/h3-4,6-7,12,14H,2,5,8-10,16H2,1H3,(H,17,18). The second-order valence-corrected chi connectivity index (χ2v) is 5.06. The molecule has 1 saturated carbocycles. The lowest BCUT2D eigenvalue weighted by molar-refractivity contribution is 0.0948. The molecule has 3 heteroatoms. The van der Waals surface area contributed by atoms with Crippen molar-refractivity contribution in [3.8, 4) is 0 Å². The van der Waals surface area contributed by atoms with E-state index in [0.717, 1.165) is 24.0 Å². The van der Waals surface area contributed by atoms with Crippen LogP contribution in [-0.4, -0.2) is 18.5 Å². The van der Waals surface area contributed by atoms with E-state index < -0.39 is 0 Å². The van der Waals surface area contributed by atoms with Crippen molar-refractivity contribution in [1.82, 2.24) is 5.32 Å². The van der Waals surface area contributed by atoms with Gasteiger partial charge in [0.25, 0.3) is 5.91 Å². The largest absolute Gasteiger partial charge is 0.349 e. The van der Waals surface area contributed by atoms with Crippen LogP contribution in [0.25, 0.3) is 0 Å².